The van der Waals surface area contributed by atoms with Gasteiger partial charge in [0.15, 0.2) is 0 Å². The number of hydrogen-bond donors (Lipinski definition) is 3. The van der Waals surface area contributed by atoms with Gasteiger partial charge in [-0.2, -0.15) is 0 Å². The second-order valence-electron chi connectivity index (χ2n) is 4.71. The minimum atomic E-state index is -0.776. The van der Waals surface area contributed by atoms with Crippen molar-refractivity contribution in [3.05, 3.63) is 44.9 Å². The van der Waals surface area contributed by atoms with Gasteiger partial charge in [0.05, 0.1) is 17.8 Å². The van der Waals surface area contributed by atoms with Crippen LogP contribution in [0.25, 0.3) is 10.3 Å². The van der Waals surface area contributed by atoms with Gasteiger partial charge in [0.2, 0.25) is 0 Å². The third kappa shape index (κ3) is 2.86. The molecular weight excluding hydrogens is 320 g/mol. The summed E-state index contributed by atoms with van der Waals surface area (Å²) >= 11 is 1.45. The summed E-state index contributed by atoms with van der Waals surface area (Å²) in [5.74, 6) is -1.18. The Balaban J connectivity index is 1.86. The number of aryl methyl sites for hydroxylation is 1. The molecule has 0 atom stereocenters. The quantitative estimate of drug-likeness (QED) is 0.631. The van der Waals surface area contributed by atoms with E-state index in [9.17, 15) is 14.4 Å². The Bertz CT molecular complexity index is 937. The van der Waals surface area contributed by atoms with Gasteiger partial charge in [-0.1, -0.05) is 0 Å². The van der Waals surface area contributed by atoms with Crippen LogP contribution in [-0.2, 0) is 4.74 Å². The number of carbonyl (C=O) groups is 2. The third-order valence-electron chi connectivity index (χ3n) is 3.10. The fourth-order valence-corrected chi connectivity index (χ4v) is 2.87. The summed E-state index contributed by atoms with van der Waals surface area (Å²) in [6.45, 7) is 1.88. The number of nitrogens with zero attached hydrogens (tertiary/aromatic N) is 1. The number of carbonyl (C=O) groups excluding carboxylic acids is 2. The van der Waals surface area contributed by atoms with Crippen LogP contribution in [0.1, 0.15) is 25.9 Å². The standard InChI is InChI=1S/C14H12N4O4S/c1-6-16-10-4-9(18-13(10)23-6)12(20)17-7-3-8(14(21)22-2)11(19)15-5-7/h3-5,18H,1-2H3,(H,15,19)(H,17,20). The number of H-pyrrole nitrogens is 2. The zero-order valence-corrected chi connectivity index (χ0v) is 13.0. The number of anilines is 1. The number of ether oxygens (including phenoxy) is 1. The average Bonchev–Trinajstić information content (AvgIpc) is 3.05. The number of rotatable bonds is 3. The lowest BCUT2D eigenvalue weighted by atomic mass is 10.2. The molecule has 23 heavy (non-hydrogen) atoms. The highest BCUT2D eigenvalue weighted by Gasteiger charge is 2.15. The molecule has 0 fully saturated rings. The molecule has 0 saturated carbocycles. The second kappa shape index (κ2) is 5.69. The number of hydrogen-bond acceptors (Lipinski definition) is 6. The molecular formula is C14H12N4O4S. The zero-order chi connectivity index (χ0) is 16.6. The summed E-state index contributed by atoms with van der Waals surface area (Å²) in [6, 6.07) is 2.90. The SMILES string of the molecule is COC(=O)c1cc(NC(=O)c2cc3nc(C)sc3[nH]2)c[nH]c1=O. The molecule has 3 rings (SSSR count). The number of thiazole rings is 1. The van der Waals surface area contributed by atoms with Crippen LogP contribution in [0, 0.1) is 6.92 Å². The molecule has 0 aliphatic carbocycles. The molecule has 1 amide bonds. The minimum Gasteiger partial charge on any atom is -0.465 e. The first-order chi connectivity index (χ1) is 11.0. The second-order valence-corrected chi connectivity index (χ2v) is 5.91. The monoisotopic (exact) mass is 332 g/mol. The molecule has 0 aromatic carbocycles. The van der Waals surface area contributed by atoms with E-state index in [0.29, 0.717) is 5.69 Å². The highest BCUT2D eigenvalue weighted by molar-refractivity contribution is 7.18. The number of aromatic amines is 2. The topological polar surface area (TPSA) is 117 Å². The predicted octanol–water partition coefficient (Wildman–Crippen LogP) is 1.66. The molecule has 0 bridgehead atoms. The van der Waals surface area contributed by atoms with E-state index in [4.69, 9.17) is 0 Å². The third-order valence-corrected chi connectivity index (χ3v) is 4.00. The highest BCUT2D eigenvalue weighted by atomic mass is 32.1. The van der Waals surface area contributed by atoms with Crippen molar-refractivity contribution in [2.75, 3.05) is 12.4 Å². The Labute approximate surface area is 133 Å². The lowest BCUT2D eigenvalue weighted by Gasteiger charge is -2.05. The first-order valence-corrected chi connectivity index (χ1v) is 7.38. The maximum Gasteiger partial charge on any atom is 0.343 e. The van der Waals surface area contributed by atoms with Crippen LogP contribution >= 0.6 is 11.3 Å². The predicted molar refractivity (Wildman–Crippen MR) is 85.1 cm³/mol. The maximum atomic E-state index is 12.2. The molecule has 3 heterocycles. The van der Waals surface area contributed by atoms with E-state index in [1.165, 1.54) is 30.7 Å². The molecule has 8 nitrogen and oxygen atoms in total. The van der Waals surface area contributed by atoms with Crippen LogP contribution in [0.5, 0.6) is 0 Å². The van der Waals surface area contributed by atoms with Crippen LogP contribution in [0.3, 0.4) is 0 Å². The van der Waals surface area contributed by atoms with Gasteiger partial charge in [-0.25, -0.2) is 9.78 Å². The van der Waals surface area contributed by atoms with Crippen LogP contribution in [0.4, 0.5) is 5.69 Å². The fraction of sp³-hybridized carbons (Fsp3) is 0.143. The summed E-state index contributed by atoms with van der Waals surface area (Å²) in [5, 5.41) is 3.50. The number of fused-ring (bicyclic) bond motifs is 1. The first-order valence-electron chi connectivity index (χ1n) is 6.56. The van der Waals surface area contributed by atoms with E-state index in [0.717, 1.165) is 15.4 Å². The molecule has 118 valence electrons. The van der Waals surface area contributed by atoms with Crippen LogP contribution in [-0.4, -0.2) is 33.9 Å². The van der Waals surface area contributed by atoms with Gasteiger partial charge >= 0.3 is 5.97 Å². The average molecular weight is 332 g/mol. The fourth-order valence-electron chi connectivity index (χ4n) is 2.06. The molecule has 3 N–H and O–H groups in total. The van der Waals surface area contributed by atoms with E-state index in [1.54, 1.807) is 6.07 Å². The van der Waals surface area contributed by atoms with Crippen LogP contribution < -0.4 is 10.9 Å². The molecule has 0 aliphatic heterocycles. The molecule has 0 radical (unpaired) electrons. The van der Waals surface area contributed by atoms with Crippen molar-refractivity contribution in [3.8, 4) is 0 Å². The van der Waals surface area contributed by atoms with Gasteiger partial charge < -0.3 is 20.0 Å². The minimum absolute atomic E-state index is 0.185. The van der Waals surface area contributed by atoms with Gasteiger partial charge in [-0.15, -0.1) is 11.3 Å². The molecule has 0 aliphatic rings. The number of esters is 1. The Morgan fingerprint density at radius 1 is 1.35 bits per heavy atom. The number of amides is 1. The van der Waals surface area contributed by atoms with Crippen molar-refractivity contribution in [2.24, 2.45) is 0 Å². The summed E-state index contributed by atoms with van der Waals surface area (Å²) in [5.41, 5.74) is 0.556. The van der Waals surface area contributed by atoms with E-state index < -0.39 is 17.4 Å². The Hall–Kier alpha value is -2.94. The largest absolute Gasteiger partial charge is 0.465 e. The Morgan fingerprint density at radius 2 is 2.13 bits per heavy atom. The van der Waals surface area contributed by atoms with Gasteiger partial charge in [-0.05, 0) is 19.1 Å². The molecule has 9 heteroatoms. The molecule has 0 spiro atoms. The van der Waals surface area contributed by atoms with Gasteiger partial charge in [0, 0.05) is 6.20 Å². The van der Waals surface area contributed by atoms with Crippen molar-refractivity contribution in [1.82, 2.24) is 15.0 Å². The van der Waals surface area contributed by atoms with Gasteiger partial charge in [0.25, 0.3) is 11.5 Å². The van der Waals surface area contributed by atoms with Crippen molar-refractivity contribution in [3.63, 3.8) is 0 Å². The van der Waals surface area contributed by atoms with E-state index in [-0.39, 0.29) is 11.3 Å². The molecule has 0 saturated heterocycles. The Morgan fingerprint density at radius 3 is 2.83 bits per heavy atom. The Kier molecular flexibility index (Phi) is 3.70. The lowest BCUT2D eigenvalue weighted by Crippen LogP contribution is -2.20. The van der Waals surface area contributed by atoms with E-state index in [1.807, 2.05) is 6.92 Å². The highest BCUT2D eigenvalue weighted by Crippen LogP contribution is 2.22. The number of methoxy groups -OCH3 is 1. The number of pyridine rings is 1. The summed E-state index contributed by atoms with van der Waals surface area (Å²) in [6.07, 6.45) is 1.31. The maximum absolute atomic E-state index is 12.2. The number of aromatic nitrogens is 3. The molecule has 3 aromatic rings. The summed E-state index contributed by atoms with van der Waals surface area (Å²) in [4.78, 5) is 45.7. The molecule has 3 aromatic heterocycles. The van der Waals surface area contributed by atoms with Gasteiger partial charge in [0.1, 0.15) is 21.6 Å². The summed E-state index contributed by atoms with van der Waals surface area (Å²) < 4.78 is 4.52. The first kappa shape index (κ1) is 15.0. The van der Waals surface area contributed by atoms with E-state index >= 15 is 0 Å². The van der Waals surface area contributed by atoms with Crippen molar-refractivity contribution in [1.29, 1.82) is 0 Å². The lowest BCUT2D eigenvalue weighted by molar-refractivity contribution is 0.0598. The zero-order valence-electron chi connectivity index (χ0n) is 12.2. The van der Waals surface area contributed by atoms with Crippen molar-refractivity contribution >= 4 is 39.2 Å². The van der Waals surface area contributed by atoms with E-state index in [2.05, 4.69) is 25.0 Å². The van der Waals surface area contributed by atoms with Crippen molar-refractivity contribution in [2.45, 2.75) is 6.92 Å². The van der Waals surface area contributed by atoms with Crippen LogP contribution in [0.15, 0.2) is 23.1 Å². The summed E-state index contributed by atoms with van der Waals surface area (Å²) in [7, 11) is 1.17. The smallest absolute Gasteiger partial charge is 0.343 e. The van der Waals surface area contributed by atoms with Gasteiger partial charge in [-0.3, -0.25) is 9.59 Å². The van der Waals surface area contributed by atoms with Crippen molar-refractivity contribution < 1.29 is 14.3 Å². The molecule has 0 unspecified atom stereocenters. The van der Waals surface area contributed by atoms with Crippen LogP contribution in [0.2, 0.25) is 0 Å². The number of nitrogens with one attached hydrogen (secondary N) is 3. The normalized spacial score (nSPS) is 10.7.